The molecule has 0 unspecified atom stereocenters. The third kappa shape index (κ3) is 5.12. The molecule has 0 aliphatic carbocycles. The smallest absolute Gasteiger partial charge is 0.368 e. The summed E-state index contributed by atoms with van der Waals surface area (Å²) in [5.41, 5.74) is 1.95. The molecule has 0 saturated heterocycles. The Kier molecular flexibility index (Phi) is 6.38. The van der Waals surface area contributed by atoms with Crippen LogP contribution in [0, 0.1) is 0 Å². The fraction of sp³-hybridized carbons (Fsp3) is 0.154. The summed E-state index contributed by atoms with van der Waals surface area (Å²) in [7, 11) is 0. The standard InChI is InChI=1S/C26H18F6N2O2/c27-25(28,29)17-10-16(11-18(12-17)26(30,31)32)24(36)34-22(23(33)35)13-21-19-7-3-1-5-14(19)9-15-6-2-4-8-20(15)21/h1-12,22H,13H2,(H2,33,35)(H,34,36)/t22-/m1/s1. The molecule has 1 atom stereocenters. The lowest BCUT2D eigenvalue weighted by molar-refractivity contribution is -0.143. The van der Waals surface area contributed by atoms with E-state index in [4.69, 9.17) is 5.73 Å². The van der Waals surface area contributed by atoms with Crippen LogP contribution in [-0.4, -0.2) is 17.9 Å². The Morgan fingerprint density at radius 1 is 0.750 bits per heavy atom. The molecule has 0 fully saturated rings. The molecule has 2 amide bonds. The molecule has 186 valence electrons. The molecule has 10 heteroatoms. The highest BCUT2D eigenvalue weighted by Crippen LogP contribution is 2.36. The molecule has 0 saturated carbocycles. The molecule has 0 aliphatic rings. The number of halogens is 6. The average Bonchev–Trinajstić information content (AvgIpc) is 2.81. The summed E-state index contributed by atoms with van der Waals surface area (Å²) >= 11 is 0. The average molecular weight is 504 g/mol. The van der Waals surface area contributed by atoms with Gasteiger partial charge in [-0.05, 0) is 51.4 Å². The summed E-state index contributed by atoms with van der Waals surface area (Å²) in [4.78, 5) is 25.0. The van der Waals surface area contributed by atoms with E-state index in [1.807, 2.05) is 30.3 Å². The highest BCUT2D eigenvalue weighted by molar-refractivity contribution is 6.03. The molecule has 3 N–H and O–H groups in total. The Labute approximate surface area is 200 Å². The van der Waals surface area contributed by atoms with Crippen molar-refractivity contribution in [3.8, 4) is 0 Å². The fourth-order valence-corrected chi connectivity index (χ4v) is 4.08. The minimum Gasteiger partial charge on any atom is -0.368 e. The third-order valence-electron chi connectivity index (χ3n) is 5.79. The zero-order chi connectivity index (χ0) is 26.3. The first-order chi connectivity index (χ1) is 16.8. The number of hydrogen-bond acceptors (Lipinski definition) is 2. The van der Waals surface area contributed by atoms with Crippen LogP contribution in [0.3, 0.4) is 0 Å². The van der Waals surface area contributed by atoms with E-state index in [0.717, 1.165) is 21.5 Å². The van der Waals surface area contributed by atoms with Gasteiger partial charge in [0.1, 0.15) is 6.04 Å². The Morgan fingerprint density at radius 3 is 1.67 bits per heavy atom. The summed E-state index contributed by atoms with van der Waals surface area (Å²) in [6.45, 7) is 0. The van der Waals surface area contributed by atoms with Crippen LogP contribution in [0.1, 0.15) is 27.0 Å². The highest BCUT2D eigenvalue weighted by atomic mass is 19.4. The van der Waals surface area contributed by atoms with E-state index in [9.17, 15) is 35.9 Å². The van der Waals surface area contributed by atoms with Crippen molar-refractivity contribution in [2.75, 3.05) is 0 Å². The van der Waals surface area contributed by atoms with Gasteiger partial charge in [-0.15, -0.1) is 0 Å². The summed E-state index contributed by atoms with van der Waals surface area (Å²) in [6.07, 6.45) is -10.4. The molecule has 0 bridgehead atoms. The molecule has 0 heterocycles. The van der Waals surface area contributed by atoms with Crippen LogP contribution in [0.15, 0.2) is 72.8 Å². The zero-order valence-electron chi connectivity index (χ0n) is 18.4. The number of rotatable bonds is 5. The minimum atomic E-state index is -5.12. The molecule has 0 aliphatic heterocycles. The Hall–Kier alpha value is -4.08. The van der Waals surface area contributed by atoms with Crippen LogP contribution in [0.25, 0.3) is 21.5 Å². The number of carbonyl (C=O) groups excluding carboxylic acids is 2. The van der Waals surface area contributed by atoms with Gasteiger partial charge in [-0.3, -0.25) is 9.59 Å². The van der Waals surface area contributed by atoms with Gasteiger partial charge in [0.25, 0.3) is 5.91 Å². The predicted octanol–water partition coefficient (Wildman–Crippen LogP) is 5.86. The lowest BCUT2D eigenvalue weighted by atomic mass is 9.92. The van der Waals surface area contributed by atoms with Crippen molar-refractivity contribution in [3.63, 3.8) is 0 Å². The molecule has 0 aromatic heterocycles. The minimum absolute atomic E-state index is 0.0788. The molecule has 4 aromatic carbocycles. The number of nitrogens with two attached hydrogens (primary N) is 1. The van der Waals surface area contributed by atoms with Gasteiger partial charge in [-0.1, -0.05) is 48.5 Å². The number of primary amides is 1. The number of carbonyl (C=O) groups is 2. The van der Waals surface area contributed by atoms with Crippen LogP contribution >= 0.6 is 0 Å². The van der Waals surface area contributed by atoms with Crippen molar-refractivity contribution in [2.45, 2.75) is 24.8 Å². The molecular weight excluding hydrogens is 486 g/mol. The van der Waals surface area contributed by atoms with E-state index >= 15 is 0 Å². The van der Waals surface area contributed by atoms with Gasteiger partial charge in [0.05, 0.1) is 11.1 Å². The quantitative estimate of drug-likeness (QED) is 0.264. The summed E-state index contributed by atoms with van der Waals surface area (Å²) < 4.78 is 79.2. The lowest BCUT2D eigenvalue weighted by Gasteiger charge is -2.20. The first-order valence-electron chi connectivity index (χ1n) is 10.6. The number of amides is 2. The van der Waals surface area contributed by atoms with Crippen LogP contribution in [0.2, 0.25) is 0 Å². The van der Waals surface area contributed by atoms with Gasteiger partial charge in [0.15, 0.2) is 0 Å². The van der Waals surface area contributed by atoms with Crippen molar-refractivity contribution in [1.29, 1.82) is 0 Å². The molecule has 4 nitrogen and oxygen atoms in total. The van der Waals surface area contributed by atoms with Gasteiger partial charge in [0.2, 0.25) is 5.91 Å². The van der Waals surface area contributed by atoms with Gasteiger partial charge >= 0.3 is 12.4 Å². The Balaban J connectivity index is 1.74. The first-order valence-corrected chi connectivity index (χ1v) is 10.6. The van der Waals surface area contributed by atoms with E-state index in [1.54, 1.807) is 24.3 Å². The van der Waals surface area contributed by atoms with Crippen molar-refractivity contribution in [3.05, 3.63) is 95.1 Å². The van der Waals surface area contributed by atoms with E-state index in [2.05, 4.69) is 5.32 Å². The fourth-order valence-electron chi connectivity index (χ4n) is 4.08. The number of alkyl halides is 6. The molecule has 4 rings (SSSR count). The zero-order valence-corrected chi connectivity index (χ0v) is 18.4. The summed E-state index contributed by atoms with van der Waals surface area (Å²) in [5.74, 6) is -2.29. The van der Waals surface area contributed by atoms with E-state index in [0.29, 0.717) is 17.7 Å². The second kappa shape index (κ2) is 9.18. The third-order valence-corrected chi connectivity index (χ3v) is 5.79. The predicted molar refractivity (Wildman–Crippen MR) is 122 cm³/mol. The first kappa shape index (κ1) is 25.0. The van der Waals surface area contributed by atoms with Gasteiger partial charge in [-0.2, -0.15) is 26.3 Å². The van der Waals surface area contributed by atoms with E-state index < -0.39 is 46.9 Å². The highest BCUT2D eigenvalue weighted by Gasteiger charge is 2.37. The van der Waals surface area contributed by atoms with Crippen molar-refractivity contribution < 1.29 is 35.9 Å². The molecule has 36 heavy (non-hydrogen) atoms. The summed E-state index contributed by atoms with van der Waals surface area (Å²) in [5, 5.41) is 5.42. The molecular formula is C26H18F6N2O2. The normalized spacial score (nSPS) is 13.1. The maximum absolute atomic E-state index is 13.2. The largest absolute Gasteiger partial charge is 0.416 e. The van der Waals surface area contributed by atoms with Crippen LogP contribution in [0.4, 0.5) is 26.3 Å². The van der Waals surface area contributed by atoms with E-state index in [1.165, 1.54) is 0 Å². The van der Waals surface area contributed by atoms with Gasteiger partial charge < -0.3 is 11.1 Å². The Bertz CT molecular complexity index is 1390. The lowest BCUT2D eigenvalue weighted by Crippen LogP contribution is -2.46. The van der Waals surface area contributed by atoms with Crippen molar-refractivity contribution in [2.24, 2.45) is 5.73 Å². The van der Waals surface area contributed by atoms with Crippen LogP contribution < -0.4 is 11.1 Å². The maximum Gasteiger partial charge on any atom is 0.416 e. The van der Waals surface area contributed by atoms with Crippen LogP contribution in [-0.2, 0) is 23.6 Å². The maximum atomic E-state index is 13.2. The van der Waals surface area contributed by atoms with Crippen molar-refractivity contribution in [1.82, 2.24) is 5.32 Å². The number of benzene rings is 4. The number of fused-ring (bicyclic) bond motifs is 2. The number of nitrogens with one attached hydrogen (secondary N) is 1. The second-order valence-electron chi connectivity index (χ2n) is 8.22. The molecule has 4 aromatic rings. The van der Waals surface area contributed by atoms with Gasteiger partial charge in [-0.25, -0.2) is 0 Å². The van der Waals surface area contributed by atoms with Crippen LogP contribution in [0.5, 0.6) is 0 Å². The Morgan fingerprint density at radius 2 is 1.22 bits per heavy atom. The molecule has 0 radical (unpaired) electrons. The number of hydrogen-bond donors (Lipinski definition) is 2. The molecule has 0 spiro atoms. The SMILES string of the molecule is NC(=O)[C@@H](Cc1c2ccccc2cc2ccccc12)NC(=O)c1cc(C(F)(F)F)cc(C(F)(F)F)c1. The van der Waals surface area contributed by atoms with Gasteiger partial charge in [0, 0.05) is 12.0 Å². The monoisotopic (exact) mass is 504 g/mol. The summed E-state index contributed by atoms with van der Waals surface area (Å²) in [6, 6.07) is 15.6. The van der Waals surface area contributed by atoms with Crippen molar-refractivity contribution >= 4 is 33.4 Å². The second-order valence-corrected chi connectivity index (χ2v) is 8.22. The topological polar surface area (TPSA) is 72.2 Å². The van der Waals surface area contributed by atoms with E-state index in [-0.39, 0.29) is 12.5 Å².